The molecule has 0 saturated heterocycles. The third-order valence-corrected chi connectivity index (χ3v) is 1.82. The summed E-state index contributed by atoms with van der Waals surface area (Å²) >= 11 is 0. The first-order valence-electron chi connectivity index (χ1n) is 4.23. The van der Waals surface area contributed by atoms with Gasteiger partial charge in [-0.15, -0.1) is 0 Å². The predicted octanol–water partition coefficient (Wildman–Crippen LogP) is 2.59. The van der Waals surface area contributed by atoms with E-state index in [1.54, 1.807) is 13.0 Å². The lowest BCUT2D eigenvalue weighted by Crippen LogP contribution is -2.12. The molecule has 1 N–H and O–H groups in total. The summed E-state index contributed by atoms with van der Waals surface area (Å²) in [5, 5.41) is 2.79. The Morgan fingerprint density at radius 2 is 1.92 bits per heavy atom. The number of para-hydroxylation sites is 1. The van der Waals surface area contributed by atoms with Crippen molar-refractivity contribution < 1.29 is 4.79 Å². The Labute approximate surface area is 78.3 Å². The number of carbonyl (C=O) groups excluding carboxylic acids is 1. The first-order valence-corrected chi connectivity index (χ1v) is 4.23. The van der Waals surface area contributed by atoms with Crippen LogP contribution in [-0.2, 0) is 4.79 Å². The van der Waals surface area contributed by atoms with E-state index in [4.69, 9.17) is 0 Å². The van der Waals surface area contributed by atoms with Crippen LogP contribution in [0.2, 0.25) is 0 Å². The molecule has 0 radical (unpaired) electrons. The molecule has 0 saturated carbocycles. The summed E-state index contributed by atoms with van der Waals surface area (Å²) in [7, 11) is 0. The summed E-state index contributed by atoms with van der Waals surface area (Å²) in [5.74, 6) is -0.0475. The normalized spacial score (nSPS) is 11.1. The Balaban J connectivity index is 2.66. The maximum absolute atomic E-state index is 11.4. The average molecular weight is 175 g/mol. The lowest BCUT2D eigenvalue weighted by molar-refractivity contribution is -0.112. The maximum atomic E-state index is 11.4. The molecule has 0 aliphatic heterocycles. The lowest BCUT2D eigenvalue weighted by atomic mass is 10.2. The molecule has 68 valence electrons. The van der Waals surface area contributed by atoms with Crippen LogP contribution in [0.5, 0.6) is 0 Å². The van der Waals surface area contributed by atoms with E-state index in [9.17, 15) is 4.79 Å². The van der Waals surface area contributed by atoms with Crippen molar-refractivity contribution in [3.63, 3.8) is 0 Å². The second-order valence-electron chi connectivity index (χ2n) is 2.79. The predicted molar refractivity (Wildman–Crippen MR) is 54.5 cm³/mol. The fourth-order valence-corrected chi connectivity index (χ4v) is 0.882. The summed E-state index contributed by atoms with van der Waals surface area (Å²) in [5.41, 5.74) is 1.55. The van der Waals surface area contributed by atoms with Gasteiger partial charge in [0.05, 0.1) is 0 Å². The quantitative estimate of drug-likeness (QED) is 0.688. The lowest BCUT2D eigenvalue weighted by Gasteiger charge is -2.03. The van der Waals surface area contributed by atoms with Gasteiger partial charge in [0, 0.05) is 11.3 Å². The standard InChI is InChI=1S/C11H13NO/c1-3-9(2)11(13)12-10-7-5-4-6-8-10/h3-8H,1-2H3,(H,12,13)/b9-3-. The minimum Gasteiger partial charge on any atom is -0.322 e. The topological polar surface area (TPSA) is 29.1 Å². The zero-order chi connectivity index (χ0) is 9.68. The summed E-state index contributed by atoms with van der Waals surface area (Å²) in [6, 6.07) is 9.42. The van der Waals surface area contributed by atoms with Crippen LogP contribution >= 0.6 is 0 Å². The summed E-state index contributed by atoms with van der Waals surface area (Å²) < 4.78 is 0. The third-order valence-electron chi connectivity index (χ3n) is 1.82. The number of amides is 1. The van der Waals surface area contributed by atoms with E-state index >= 15 is 0 Å². The zero-order valence-corrected chi connectivity index (χ0v) is 7.87. The molecule has 0 atom stereocenters. The highest BCUT2D eigenvalue weighted by Gasteiger charge is 2.01. The van der Waals surface area contributed by atoms with Crippen LogP contribution in [0.4, 0.5) is 5.69 Å². The Morgan fingerprint density at radius 3 is 2.46 bits per heavy atom. The number of hydrogen-bond donors (Lipinski definition) is 1. The molecule has 0 aliphatic carbocycles. The number of benzene rings is 1. The Morgan fingerprint density at radius 1 is 1.31 bits per heavy atom. The third kappa shape index (κ3) is 2.75. The summed E-state index contributed by atoms with van der Waals surface area (Å²) in [6.45, 7) is 3.64. The molecule has 0 aromatic heterocycles. The van der Waals surface area contributed by atoms with Gasteiger partial charge in [0.15, 0.2) is 0 Å². The van der Waals surface area contributed by atoms with E-state index in [-0.39, 0.29) is 5.91 Å². The molecule has 1 rings (SSSR count). The fraction of sp³-hybridized carbons (Fsp3) is 0.182. The van der Waals surface area contributed by atoms with Gasteiger partial charge in [-0.3, -0.25) is 4.79 Å². The van der Waals surface area contributed by atoms with Gasteiger partial charge in [0.2, 0.25) is 0 Å². The van der Waals surface area contributed by atoms with Crippen LogP contribution in [0.15, 0.2) is 42.0 Å². The molecule has 0 bridgehead atoms. The minimum atomic E-state index is -0.0475. The van der Waals surface area contributed by atoms with Crippen LogP contribution < -0.4 is 5.32 Å². The van der Waals surface area contributed by atoms with Gasteiger partial charge in [0.1, 0.15) is 0 Å². The molecule has 0 spiro atoms. The van der Waals surface area contributed by atoms with E-state index < -0.39 is 0 Å². The van der Waals surface area contributed by atoms with Crippen molar-refractivity contribution in [1.29, 1.82) is 0 Å². The van der Waals surface area contributed by atoms with Crippen molar-refractivity contribution in [2.45, 2.75) is 13.8 Å². The molecule has 0 unspecified atom stereocenters. The maximum Gasteiger partial charge on any atom is 0.250 e. The van der Waals surface area contributed by atoms with Crippen molar-refractivity contribution in [2.24, 2.45) is 0 Å². The van der Waals surface area contributed by atoms with Crippen LogP contribution in [0.25, 0.3) is 0 Å². The smallest absolute Gasteiger partial charge is 0.250 e. The second-order valence-corrected chi connectivity index (χ2v) is 2.79. The van der Waals surface area contributed by atoms with Crippen LogP contribution in [0.3, 0.4) is 0 Å². The van der Waals surface area contributed by atoms with Gasteiger partial charge in [-0.05, 0) is 26.0 Å². The molecule has 1 aromatic rings. The Hall–Kier alpha value is -1.57. The zero-order valence-electron chi connectivity index (χ0n) is 7.87. The molecule has 0 fully saturated rings. The Kier molecular flexibility index (Phi) is 3.26. The van der Waals surface area contributed by atoms with Crippen molar-refractivity contribution in [2.75, 3.05) is 5.32 Å². The largest absolute Gasteiger partial charge is 0.322 e. The number of carbonyl (C=O) groups is 1. The van der Waals surface area contributed by atoms with Crippen molar-refractivity contribution in [3.8, 4) is 0 Å². The highest BCUT2D eigenvalue weighted by molar-refractivity contribution is 6.03. The number of nitrogens with one attached hydrogen (secondary N) is 1. The molecule has 1 amide bonds. The number of hydrogen-bond acceptors (Lipinski definition) is 1. The molecule has 13 heavy (non-hydrogen) atoms. The van der Waals surface area contributed by atoms with E-state index in [1.165, 1.54) is 0 Å². The van der Waals surface area contributed by atoms with Crippen LogP contribution in [0.1, 0.15) is 13.8 Å². The van der Waals surface area contributed by atoms with E-state index in [0.717, 1.165) is 11.3 Å². The molecule has 1 aromatic carbocycles. The van der Waals surface area contributed by atoms with Crippen molar-refractivity contribution in [3.05, 3.63) is 42.0 Å². The van der Waals surface area contributed by atoms with Gasteiger partial charge in [-0.2, -0.15) is 0 Å². The SMILES string of the molecule is C/C=C(/C)C(=O)Nc1ccccc1. The molecule has 2 heteroatoms. The highest BCUT2D eigenvalue weighted by atomic mass is 16.1. The van der Waals surface area contributed by atoms with Crippen LogP contribution in [-0.4, -0.2) is 5.91 Å². The first-order chi connectivity index (χ1) is 6.24. The van der Waals surface area contributed by atoms with Crippen LogP contribution in [0, 0.1) is 0 Å². The van der Waals surface area contributed by atoms with E-state index in [1.807, 2.05) is 37.3 Å². The molecule has 0 aliphatic rings. The highest BCUT2D eigenvalue weighted by Crippen LogP contribution is 2.06. The van der Waals surface area contributed by atoms with Crippen molar-refractivity contribution >= 4 is 11.6 Å². The van der Waals surface area contributed by atoms with Gasteiger partial charge < -0.3 is 5.32 Å². The monoisotopic (exact) mass is 175 g/mol. The molecule has 0 heterocycles. The number of allylic oxidation sites excluding steroid dienone is 1. The average Bonchev–Trinajstić information content (AvgIpc) is 2.18. The first kappa shape index (κ1) is 9.52. The summed E-state index contributed by atoms with van der Waals surface area (Å²) in [4.78, 5) is 11.4. The van der Waals surface area contributed by atoms with Gasteiger partial charge >= 0.3 is 0 Å². The van der Waals surface area contributed by atoms with E-state index in [0.29, 0.717) is 0 Å². The van der Waals surface area contributed by atoms with Gasteiger partial charge in [-0.25, -0.2) is 0 Å². The fourth-order valence-electron chi connectivity index (χ4n) is 0.882. The number of anilines is 1. The second kappa shape index (κ2) is 4.45. The van der Waals surface area contributed by atoms with Gasteiger partial charge in [-0.1, -0.05) is 24.3 Å². The molecular formula is C11H13NO. The Bertz CT molecular complexity index is 314. The minimum absolute atomic E-state index is 0.0475. The summed E-state index contributed by atoms with van der Waals surface area (Å²) in [6.07, 6.45) is 1.79. The van der Waals surface area contributed by atoms with Gasteiger partial charge in [0.25, 0.3) is 5.91 Å². The van der Waals surface area contributed by atoms with E-state index in [2.05, 4.69) is 5.32 Å². The van der Waals surface area contributed by atoms with Crippen molar-refractivity contribution in [1.82, 2.24) is 0 Å². The molecular weight excluding hydrogens is 162 g/mol. The molecule has 2 nitrogen and oxygen atoms in total. The number of rotatable bonds is 2.